The van der Waals surface area contributed by atoms with Crippen molar-refractivity contribution in [2.45, 2.75) is 32.3 Å². The molecule has 0 amide bonds. The zero-order valence-electron chi connectivity index (χ0n) is 10.7. The highest BCUT2D eigenvalue weighted by molar-refractivity contribution is 7.18. The van der Waals surface area contributed by atoms with Crippen molar-refractivity contribution in [2.75, 3.05) is 19.0 Å². The molecule has 5 heteroatoms. The number of fused-ring (bicyclic) bond motifs is 1. The molecule has 2 aromatic rings. The van der Waals surface area contributed by atoms with Crippen molar-refractivity contribution < 1.29 is 4.74 Å². The standard InChI is InChI=1S/C13H17N3OS/c1-8-6-10-12(14-2)15-11(16-13(10)18-8)7-9-4-3-5-17-9/h6,9H,3-5,7H2,1-2H3,(H,14,15,16). The van der Waals surface area contributed by atoms with E-state index < -0.39 is 0 Å². The van der Waals surface area contributed by atoms with Gasteiger partial charge in [0.2, 0.25) is 0 Å². The molecule has 1 fully saturated rings. The van der Waals surface area contributed by atoms with Gasteiger partial charge in [-0.1, -0.05) is 0 Å². The van der Waals surface area contributed by atoms with Gasteiger partial charge >= 0.3 is 0 Å². The lowest BCUT2D eigenvalue weighted by atomic mass is 10.2. The molecule has 1 aliphatic rings. The molecular formula is C13H17N3OS. The average Bonchev–Trinajstić information content (AvgIpc) is 2.96. The molecule has 4 nitrogen and oxygen atoms in total. The maximum Gasteiger partial charge on any atom is 0.138 e. The summed E-state index contributed by atoms with van der Waals surface area (Å²) < 4.78 is 5.65. The molecule has 1 unspecified atom stereocenters. The number of nitrogens with one attached hydrogen (secondary N) is 1. The average molecular weight is 263 g/mol. The molecule has 1 aliphatic heterocycles. The van der Waals surface area contributed by atoms with Crippen LogP contribution in [0.4, 0.5) is 5.82 Å². The summed E-state index contributed by atoms with van der Waals surface area (Å²) in [6.45, 7) is 2.98. The molecule has 0 saturated carbocycles. The van der Waals surface area contributed by atoms with E-state index in [0.717, 1.165) is 47.7 Å². The van der Waals surface area contributed by atoms with Crippen LogP contribution in [0.2, 0.25) is 0 Å². The van der Waals surface area contributed by atoms with Gasteiger partial charge in [0.15, 0.2) is 0 Å². The lowest BCUT2D eigenvalue weighted by Gasteiger charge is -2.09. The minimum absolute atomic E-state index is 0.299. The summed E-state index contributed by atoms with van der Waals surface area (Å²) in [7, 11) is 1.91. The highest BCUT2D eigenvalue weighted by atomic mass is 32.1. The van der Waals surface area contributed by atoms with Crippen LogP contribution in [0.3, 0.4) is 0 Å². The highest BCUT2D eigenvalue weighted by Crippen LogP contribution is 2.29. The lowest BCUT2D eigenvalue weighted by Crippen LogP contribution is -2.12. The molecule has 2 aromatic heterocycles. The Balaban J connectivity index is 1.96. The first-order valence-electron chi connectivity index (χ1n) is 6.32. The summed E-state index contributed by atoms with van der Waals surface area (Å²) in [5.41, 5.74) is 0. The molecule has 0 radical (unpaired) electrons. The van der Waals surface area contributed by atoms with Crippen LogP contribution in [-0.2, 0) is 11.2 Å². The van der Waals surface area contributed by atoms with E-state index >= 15 is 0 Å². The van der Waals surface area contributed by atoms with Gasteiger partial charge in [-0.25, -0.2) is 9.97 Å². The number of ether oxygens (including phenoxy) is 1. The molecular weight excluding hydrogens is 246 g/mol. The van der Waals surface area contributed by atoms with E-state index in [1.807, 2.05) is 7.05 Å². The number of anilines is 1. The van der Waals surface area contributed by atoms with Crippen LogP contribution in [0.1, 0.15) is 23.5 Å². The van der Waals surface area contributed by atoms with E-state index in [9.17, 15) is 0 Å². The second-order valence-corrected chi connectivity index (χ2v) is 5.89. The molecule has 1 atom stereocenters. The largest absolute Gasteiger partial charge is 0.378 e. The molecule has 18 heavy (non-hydrogen) atoms. The predicted molar refractivity (Wildman–Crippen MR) is 74.4 cm³/mol. The van der Waals surface area contributed by atoms with Crippen LogP contribution in [0, 0.1) is 6.92 Å². The van der Waals surface area contributed by atoms with E-state index in [2.05, 4.69) is 28.3 Å². The fourth-order valence-electron chi connectivity index (χ4n) is 2.38. The van der Waals surface area contributed by atoms with E-state index in [0.29, 0.717) is 6.10 Å². The van der Waals surface area contributed by atoms with E-state index in [1.165, 1.54) is 4.88 Å². The quantitative estimate of drug-likeness (QED) is 0.925. The topological polar surface area (TPSA) is 47.0 Å². The summed E-state index contributed by atoms with van der Waals surface area (Å²) in [4.78, 5) is 11.6. The van der Waals surface area contributed by atoms with Crippen LogP contribution in [-0.4, -0.2) is 29.7 Å². The Labute approximate surface area is 110 Å². The SMILES string of the molecule is CNc1nc(CC2CCCO2)nc2sc(C)cc12. The third kappa shape index (κ3) is 2.20. The third-order valence-corrected chi connectivity index (χ3v) is 4.18. The molecule has 0 aromatic carbocycles. The summed E-state index contributed by atoms with van der Waals surface area (Å²) in [5.74, 6) is 1.82. The normalized spacial score (nSPS) is 19.6. The van der Waals surface area contributed by atoms with Gasteiger partial charge in [0, 0.05) is 25.0 Å². The van der Waals surface area contributed by atoms with Gasteiger partial charge in [0.25, 0.3) is 0 Å². The van der Waals surface area contributed by atoms with Crippen LogP contribution in [0.25, 0.3) is 10.2 Å². The number of aryl methyl sites for hydroxylation is 1. The third-order valence-electron chi connectivity index (χ3n) is 3.23. The predicted octanol–water partition coefficient (Wildman–Crippen LogP) is 2.76. The van der Waals surface area contributed by atoms with Crippen LogP contribution in [0.5, 0.6) is 0 Å². The summed E-state index contributed by atoms with van der Waals surface area (Å²) in [6, 6.07) is 2.14. The molecule has 3 rings (SSSR count). The number of nitrogens with zero attached hydrogens (tertiary/aromatic N) is 2. The Morgan fingerprint density at radius 3 is 3.11 bits per heavy atom. The van der Waals surface area contributed by atoms with E-state index in [4.69, 9.17) is 4.74 Å². The van der Waals surface area contributed by atoms with Crippen molar-refractivity contribution in [2.24, 2.45) is 0 Å². The first-order chi connectivity index (χ1) is 8.76. The van der Waals surface area contributed by atoms with E-state index in [1.54, 1.807) is 11.3 Å². The van der Waals surface area contributed by atoms with Crippen molar-refractivity contribution in [1.29, 1.82) is 0 Å². The fourth-order valence-corrected chi connectivity index (χ4v) is 3.28. The van der Waals surface area contributed by atoms with Crippen molar-refractivity contribution >= 4 is 27.4 Å². The van der Waals surface area contributed by atoms with Gasteiger partial charge in [0.1, 0.15) is 16.5 Å². The summed E-state index contributed by atoms with van der Waals surface area (Å²) >= 11 is 1.72. The molecule has 1 N–H and O–H groups in total. The summed E-state index contributed by atoms with van der Waals surface area (Å²) in [6.07, 6.45) is 3.40. The van der Waals surface area contributed by atoms with Crippen LogP contribution >= 0.6 is 11.3 Å². The molecule has 0 aliphatic carbocycles. The molecule has 0 spiro atoms. The minimum Gasteiger partial charge on any atom is -0.378 e. The minimum atomic E-state index is 0.299. The maximum atomic E-state index is 5.65. The first-order valence-corrected chi connectivity index (χ1v) is 7.14. The molecule has 0 bridgehead atoms. The monoisotopic (exact) mass is 263 g/mol. The molecule has 96 valence electrons. The Kier molecular flexibility index (Phi) is 3.18. The Morgan fingerprint density at radius 2 is 2.39 bits per heavy atom. The van der Waals surface area contributed by atoms with Crippen molar-refractivity contribution in [3.05, 3.63) is 16.8 Å². The van der Waals surface area contributed by atoms with Gasteiger partial charge < -0.3 is 10.1 Å². The molecule has 3 heterocycles. The second-order valence-electron chi connectivity index (χ2n) is 4.65. The van der Waals surface area contributed by atoms with Gasteiger partial charge in [-0.3, -0.25) is 0 Å². The zero-order chi connectivity index (χ0) is 12.5. The van der Waals surface area contributed by atoms with Crippen molar-refractivity contribution in [3.63, 3.8) is 0 Å². The smallest absolute Gasteiger partial charge is 0.138 e. The lowest BCUT2D eigenvalue weighted by molar-refractivity contribution is 0.110. The zero-order valence-corrected chi connectivity index (χ0v) is 11.5. The Hall–Kier alpha value is -1.20. The number of hydrogen-bond donors (Lipinski definition) is 1. The van der Waals surface area contributed by atoms with Gasteiger partial charge in [-0.05, 0) is 25.8 Å². The Bertz CT molecular complexity index is 561. The van der Waals surface area contributed by atoms with Gasteiger partial charge in [-0.2, -0.15) is 0 Å². The fraction of sp³-hybridized carbons (Fsp3) is 0.538. The highest BCUT2D eigenvalue weighted by Gasteiger charge is 2.18. The Morgan fingerprint density at radius 1 is 1.50 bits per heavy atom. The maximum absolute atomic E-state index is 5.65. The molecule has 1 saturated heterocycles. The first kappa shape index (κ1) is 11.9. The summed E-state index contributed by atoms with van der Waals surface area (Å²) in [5, 5.41) is 4.28. The van der Waals surface area contributed by atoms with Crippen LogP contribution in [0.15, 0.2) is 6.07 Å². The van der Waals surface area contributed by atoms with Crippen molar-refractivity contribution in [3.8, 4) is 0 Å². The van der Waals surface area contributed by atoms with Gasteiger partial charge in [-0.15, -0.1) is 11.3 Å². The number of rotatable bonds is 3. The number of thiophene rings is 1. The van der Waals surface area contributed by atoms with Crippen LogP contribution < -0.4 is 5.32 Å². The van der Waals surface area contributed by atoms with Gasteiger partial charge in [0.05, 0.1) is 11.5 Å². The number of aromatic nitrogens is 2. The number of hydrogen-bond acceptors (Lipinski definition) is 5. The second kappa shape index (κ2) is 4.82. The van der Waals surface area contributed by atoms with E-state index in [-0.39, 0.29) is 0 Å². The van der Waals surface area contributed by atoms with Crippen molar-refractivity contribution in [1.82, 2.24) is 9.97 Å².